The summed E-state index contributed by atoms with van der Waals surface area (Å²) in [5.74, 6) is -0.489. The lowest BCUT2D eigenvalue weighted by atomic mass is 10.1. The fraction of sp³-hybridized carbons (Fsp3) is 0.500. The molecule has 1 aromatic rings. The zero-order valence-electron chi connectivity index (χ0n) is 14.6. The second kappa shape index (κ2) is 6.38. The minimum atomic E-state index is -0.552. The molecule has 1 N–H and O–H groups in total. The third kappa shape index (κ3) is 3.75. The van der Waals surface area contributed by atoms with Gasteiger partial charge < -0.3 is 14.4 Å². The van der Waals surface area contributed by atoms with Gasteiger partial charge in [0.05, 0.1) is 17.7 Å². The highest BCUT2D eigenvalue weighted by Crippen LogP contribution is 2.29. The van der Waals surface area contributed by atoms with E-state index in [1.165, 1.54) is 0 Å². The third-order valence-electron chi connectivity index (χ3n) is 4.05. The molecule has 1 atom stereocenters. The summed E-state index contributed by atoms with van der Waals surface area (Å²) in [7, 11) is 0. The van der Waals surface area contributed by atoms with E-state index in [-0.39, 0.29) is 17.8 Å². The first kappa shape index (κ1) is 17.3. The minimum absolute atomic E-state index is 0.253. The fourth-order valence-corrected chi connectivity index (χ4v) is 2.99. The smallest absolute Gasteiger partial charge is 0.410 e. The van der Waals surface area contributed by atoms with Crippen LogP contribution in [0.3, 0.4) is 0 Å². The maximum Gasteiger partial charge on any atom is 0.410 e. The van der Waals surface area contributed by atoms with Gasteiger partial charge in [0.25, 0.3) is 11.8 Å². The molecule has 1 saturated heterocycles. The van der Waals surface area contributed by atoms with E-state index in [9.17, 15) is 14.4 Å². The molecule has 2 aliphatic heterocycles. The molecule has 1 fully saturated rings. The van der Waals surface area contributed by atoms with Crippen molar-refractivity contribution >= 4 is 17.9 Å². The number of amides is 3. The van der Waals surface area contributed by atoms with Crippen molar-refractivity contribution in [2.45, 2.75) is 45.3 Å². The van der Waals surface area contributed by atoms with Gasteiger partial charge in [-0.25, -0.2) is 4.79 Å². The predicted octanol–water partition coefficient (Wildman–Crippen LogP) is 2.35. The number of nitrogens with one attached hydrogen (secondary N) is 1. The monoisotopic (exact) mass is 346 g/mol. The van der Waals surface area contributed by atoms with Crippen LogP contribution in [0.25, 0.3) is 0 Å². The molecule has 2 aliphatic rings. The Hall–Kier alpha value is -2.57. The lowest BCUT2D eigenvalue weighted by Crippen LogP contribution is -2.46. The van der Waals surface area contributed by atoms with E-state index in [1.807, 2.05) is 20.8 Å². The van der Waals surface area contributed by atoms with Crippen LogP contribution in [-0.2, 0) is 4.74 Å². The second-order valence-corrected chi connectivity index (χ2v) is 7.27. The quantitative estimate of drug-likeness (QED) is 0.831. The first-order valence-electron chi connectivity index (χ1n) is 8.38. The number of ether oxygens (including phenoxy) is 2. The van der Waals surface area contributed by atoms with Crippen molar-refractivity contribution in [1.29, 1.82) is 0 Å². The summed E-state index contributed by atoms with van der Waals surface area (Å²) in [6.07, 6.45) is 0.922. The highest BCUT2D eigenvalue weighted by molar-refractivity contribution is 6.22. The maximum absolute atomic E-state index is 12.2. The summed E-state index contributed by atoms with van der Waals surface area (Å²) < 4.78 is 11.4. The molecule has 0 saturated carbocycles. The van der Waals surface area contributed by atoms with Gasteiger partial charge in [0.1, 0.15) is 17.5 Å². The SMILES string of the molecule is CC(C)(C)OC(=O)N1CCC[C@@H](Oc2cccc3c2C(=O)NC3=O)C1. The molecule has 134 valence electrons. The zero-order valence-corrected chi connectivity index (χ0v) is 14.6. The Bertz CT molecular complexity index is 723. The molecule has 1 aromatic carbocycles. The highest BCUT2D eigenvalue weighted by Gasteiger charge is 2.33. The van der Waals surface area contributed by atoms with Crippen molar-refractivity contribution in [3.05, 3.63) is 29.3 Å². The number of piperidine rings is 1. The second-order valence-electron chi connectivity index (χ2n) is 7.27. The molecule has 0 radical (unpaired) electrons. The van der Waals surface area contributed by atoms with Gasteiger partial charge >= 0.3 is 6.09 Å². The number of likely N-dealkylation sites (tertiary alicyclic amines) is 1. The summed E-state index contributed by atoms with van der Waals surface area (Å²) in [6.45, 7) is 6.47. The Morgan fingerprint density at radius 3 is 2.72 bits per heavy atom. The van der Waals surface area contributed by atoms with Crippen molar-refractivity contribution < 1.29 is 23.9 Å². The summed E-state index contributed by atoms with van der Waals surface area (Å²) in [5, 5.41) is 2.27. The van der Waals surface area contributed by atoms with Crippen LogP contribution < -0.4 is 10.1 Å². The van der Waals surface area contributed by atoms with Gasteiger partial charge in [0, 0.05) is 6.54 Å². The Kier molecular flexibility index (Phi) is 4.41. The van der Waals surface area contributed by atoms with Crippen LogP contribution in [0.1, 0.15) is 54.3 Å². The largest absolute Gasteiger partial charge is 0.488 e. The molecule has 3 rings (SSSR count). The maximum atomic E-state index is 12.2. The minimum Gasteiger partial charge on any atom is -0.488 e. The molecule has 7 heteroatoms. The molecule has 0 bridgehead atoms. The van der Waals surface area contributed by atoms with Crippen LogP contribution in [0.2, 0.25) is 0 Å². The van der Waals surface area contributed by atoms with Crippen molar-refractivity contribution in [3.8, 4) is 5.75 Å². The average molecular weight is 346 g/mol. The lowest BCUT2D eigenvalue weighted by molar-refractivity contribution is 0.00763. The molecule has 3 amide bonds. The number of benzene rings is 1. The Labute approximate surface area is 146 Å². The predicted molar refractivity (Wildman–Crippen MR) is 89.7 cm³/mol. The number of carbonyl (C=O) groups excluding carboxylic acids is 3. The Morgan fingerprint density at radius 1 is 1.24 bits per heavy atom. The van der Waals surface area contributed by atoms with Crippen molar-refractivity contribution in [2.75, 3.05) is 13.1 Å². The number of hydrogen-bond acceptors (Lipinski definition) is 5. The van der Waals surface area contributed by atoms with Crippen LogP contribution in [-0.4, -0.2) is 47.6 Å². The summed E-state index contributed by atoms with van der Waals surface area (Å²) in [6, 6.07) is 4.94. The van der Waals surface area contributed by atoms with E-state index in [2.05, 4.69) is 5.32 Å². The molecule has 2 heterocycles. The summed E-state index contributed by atoms with van der Waals surface area (Å²) in [4.78, 5) is 37.6. The van der Waals surface area contributed by atoms with E-state index < -0.39 is 17.4 Å². The summed E-state index contributed by atoms with van der Waals surface area (Å²) in [5.41, 5.74) is 0.0352. The van der Waals surface area contributed by atoms with Gasteiger partial charge in [-0.3, -0.25) is 14.9 Å². The van der Waals surface area contributed by atoms with Crippen LogP contribution in [0.15, 0.2) is 18.2 Å². The molecular weight excluding hydrogens is 324 g/mol. The van der Waals surface area contributed by atoms with Crippen molar-refractivity contribution in [2.24, 2.45) is 0 Å². The van der Waals surface area contributed by atoms with Crippen LogP contribution in [0.5, 0.6) is 5.75 Å². The third-order valence-corrected chi connectivity index (χ3v) is 4.05. The lowest BCUT2D eigenvalue weighted by Gasteiger charge is -2.34. The van der Waals surface area contributed by atoms with E-state index in [0.29, 0.717) is 24.4 Å². The van der Waals surface area contributed by atoms with Crippen molar-refractivity contribution in [3.63, 3.8) is 0 Å². The van der Waals surface area contributed by atoms with Crippen LogP contribution in [0, 0.1) is 0 Å². The number of fused-ring (bicyclic) bond motifs is 1. The fourth-order valence-electron chi connectivity index (χ4n) is 2.99. The molecule has 7 nitrogen and oxygen atoms in total. The number of nitrogens with zero attached hydrogens (tertiary/aromatic N) is 1. The van der Waals surface area contributed by atoms with E-state index in [0.717, 1.165) is 12.8 Å². The summed E-state index contributed by atoms with van der Waals surface area (Å²) >= 11 is 0. The standard InChI is InChI=1S/C18H22N2O5/c1-18(2,3)25-17(23)20-9-5-6-11(10-20)24-13-8-4-7-12-14(13)16(22)19-15(12)21/h4,7-8,11H,5-6,9-10H2,1-3H3,(H,19,21,22)/t11-/m1/s1. The average Bonchev–Trinajstić information content (AvgIpc) is 2.82. The molecule has 0 spiro atoms. The van der Waals surface area contributed by atoms with Crippen LogP contribution >= 0.6 is 0 Å². The topological polar surface area (TPSA) is 84.9 Å². The number of imide groups is 1. The van der Waals surface area contributed by atoms with Crippen molar-refractivity contribution in [1.82, 2.24) is 10.2 Å². The molecule has 25 heavy (non-hydrogen) atoms. The highest BCUT2D eigenvalue weighted by atomic mass is 16.6. The number of hydrogen-bond donors (Lipinski definition) is 1. The van der Waals surface area contributed by atoms with Gasteiger partial charge in [-0.1, -0.05) is 6.07 Å². The molecule has 0 unspecified atom stereocenters. The van der Waals surface area contributed by atoms with Gasteiger partial charge in [0.15, 0.2) is 0 Å². The Morgan fingerprint density at radius 2 is 2.00 bits per heavy atom. The first-order chi connectivity index (χ1) is 11.7. The molecule has 0 aliphatic carbocycles. The number of rotatable bonds is 2. The number of carbonyl (C=O) groups is 3. The van der Waals surface area contributed by atoms with Gasteiger partial charge in [-0.15, -0.1) is 0 Å². The van der Waals surface area contributed by atoms with Gasteiger partial charge in [-0.05, 0) is 45.7 Å². The van der Waals surface area contributed by atoms with E-state index in [1.54, 1.807) is 23.1 Å². The Balaban J connectivity index is 1.71. The van der Waals surface area contributed by atoms with Gasteiger partial charge in [0.2, 0.25) is 0 Å². The normalized spacial score (nSPS) is 20.1. The van der Waals surface area contributed by atoms with Crippen LogP contribution in [0.4, 0.5) is 4.79 Å². The van der Waals surface area contributed by atoms with E-state index >= 15 is 0 Å². The molecule has 0 aromatic heterocycles. The zero-order chi connectivity index (χ0) is 18.2. The van der Waals surface area contributed by atoms with Gasteiger partial charge in [-0.2, -0.15) is 0 Å². The first-order valence-corrected chi connectivity index (χ1v) is 8.38. The molecular formula is C18H22N2O5. The van der Waals surface area contributed by atoms with E-state index in [4.69, 9.17) is 9.47 Å².